The fourth-order valence-corrected chi connectivity index (χ4v) is 0.272. The average Bonchev–Trinajstić information content (AvgIpc) is 2.39. The Bertz CT molecular complexity index is 352. The molecule has 0 aliphatic rings. The number of rotatable bonds is 4. The van der Waals surface area contributed by atoms with Crippen LogP contribution in [0.3, 0.4) is 0 Å². The molecule has 142 valence electrons. The predicted octanol–water partition coefficient (Wildman–Crippen LogP) is -2.04. The third-order valence-corrected chi connectivity index (χ3v) is 0.718. The first kappa shape index (κ1) is 33.6. The molecule has 0 aliphatic heterocycles. The van der Waals surface area contributed by atoms with Crippen LogP contribution in [0.5, 0.6) is 0 Å². The predicted molar refractivity (Wildman–Crippen MR) is 66.7 cm³/mol. The van der Waals surface area contributed by atoms with Gasteiger partial charge < -0.3 is 58.6 Å². The van der Waals surface area contributed by atoms with Gasteiger partial charge in [0.05, 0.1) is 0 Å². The molecular formula is C12H12O12Pu-4. The quantitative estimate of drug-likeness (QED) is 0.197. The zero-order chi connectivity index (χ0) is 20.0. The molecule has 0 saturated heterocycles. The third kappa shape index (κ3) is 93.4. The van der Waals surface area contributed by atoms with Gasteiger partial charge in [-0.1, -0.05) is 26.3 Å². The number of carbonyl (C=O) groups is 4. The van der Waals surface area contributed by atoms with Gasteiger partial charge in [0.1, 0.15) is 0 Å². The Balaban J connectivity index is -0.0000000702. The van der Waals surface area contributed by atoms with Crippen molar-refractivity contribution in [3.63, 3.8) is 0 Å². The number of ether oxygens (including phenoxy) is 4. The topological polar surface area (TPSA) is 197 Å². The van der Waals surface area contributed by atoms with Crippen LogP contribution in [0, 0.1) is 29.2 Å². The number of carbonyl (C=O) groups excluding carboxylic acids is 4. The van der Waals surface area contributed by atoms with E-state index in [0.29, 0.717) is 0 Å². The zero-order valence-electron chi connectivity index (χ0n) is 12.4. The minimum atomic E-state index is -1.58. The second-order valence-corrected chi connectivity index (χ2v) is 2.14. The minimum Gasteiger partial charge on any atom is -0.522 e. The van der Waals surface area contributed by atoms with E-state index in [0.717, 1.165) is 25.0 Å². The van der Waals surface area contributed by atoms with E-state index in [-0.39, 0.29) is 29.2 Å². The molecule has 0 radical (unpaired) electrons. The van der Waals surface area contributed by atoms with Gasteiger partial charge in [-0.3, -0.25) is 0 Å². The molecule has 0 fully saturated rings. The van der Waals surface area contributed by atoms with Crippen LogP contribution in [-0.4, -0.2) is 24.6 Å². The van der Waals surface area contributed by atoms with Crippen LogP contribution in [0.25, 0.3) is 0 Å². The monoisotopic (exact) mass is 586 g/mol. The summed E-state index contributed by atoms with van der Waals surface area (Å²) in [4.78, 5) is 36.8. The molecule has 0 aromatic carbocycles. The van der Waals surface area contributed by atoms with Crippen molar-refractivity contribution in [3.05, 3.63) is 51.4 Å². The Morgan fingerprint density at radius 2 is 0.640 bits per heavy atom. The molecule has 0 N–H and O–H groups in total. The summed E-state index contributed by atoms with van der Waals surface area (Å²) < 4.78 is 14.4. The summed E-state index contributed by atoms with van der Waals surface area (Å²) in [6.45, 7) is 11.8. The third-order valence-electron chi connectivity index (χ3n) is 0.718. The molecule has 0 saturated carbocycles. The molecule has 0 spiro atoms. The SMILES string of the molecule is C=COC(=O)[O-].C=COC(=O)[O-].C=COC(=O)[O-].C=COC(=O)[O-].[Pu]. The molecule has 0 unspecified atom stereocenters. The van der Waals surface area contributed by atoms with E-state index in [1.807, 2.05) is 0 Å². The second-order valence-electron chi connectivity index (χ2n) is 2.14. The van der Waals surface area contributed by atoms with Gasteiger partial charge in [0.25, 0.3) is 24.6 Å². The van der Waals surface area contributed by atoms with Gasteiger partial charge in [0.2, 0.25) is 0 Å². The van der Waals surface area contributed by atoms with E-state index in [2.05, 4.69) is 45.3 Å². The number of hydrogen-bond acceptors (Lipinski definition) is 12. The molecule has 0 aliphatic carbocycles. The van der Waals surface area contributed by atoms with Gasteiger partial charge in [-0.2, -0.15) is 0 Å². The van der Waals surface area contributed by atoms with Gasteiger partial charge in [-0.05, 0) is 0 Å². The summed E-state index contributed by atoms with van der Waals surface area (Å²) in [5, 5.41) is 36.8. The van der Waals surface area contributed by atoms with Crippen molar-refractivity contribution in [2.24, 2.45) is 0 Å². The van der Waals surface area contributed by atoms with Crippen LogP contribution in [0.4, 0.5) is 19.2 Å². The maximum Gasteiger partial charge on any atom is 0.256 e. The first-order chi connectivity index (χ1) is 11.1. The molecule has 0 rings (SSSR count). The Kier molecular flexibility index (Phi) is 39.1. The largest absolute Gasteiger partial charge is 0.522 e. The van der Waals surface area contributed by atoms with Crippen molar-refractivity contribution >= 4 is 24.6 Å². The van der Waals surface area contributed by atoms with E-state index >= 15 is 0 Å². The molecule has 25 heavy (non-hydrogen) atoms. The molecule has 12 nitrogen and oxygen atoms in total. The average molecular weight is 592 g/mol. The van der Waals surface area contributed by atoms with Crippen molar-refractivity contribution in [2.75, 3.05) is 0 Å². The van der Waals surface area contributed by atoms with Crippen LogP contribution in [0.15, 0.2) is 51.4 Å². The maximum absolute atomic E-state index is 9.19. The van der Waals surface area contributed by atoms with Crippen molar-refractivity contribution in [1.29, 1.82) is 0 Å². The van der Waals surface area contributed by atoms with E-state index in [1.165, 1.54) is 0 Å². The van der Waals surface area contributed by atoms with Gasteiger partial charge in [0.15, 0.2) is 0 Å². The van der Waals surface area contributed by atoms with Crippen molar-refractivity contribution < 1.29 is 87.7 Å². The van der Waals surface area contributed by atoms with Crippen molar-refractivity contribution in [2.45, 2.75) is 0 Å². The Morgan fingerprint density at radius 1 is 0.520 bits per heavy atom. The Hall–Kier alpha value is -2.97. The molecule has 0 amide bonds. The van der Waals surface area contributed by atoms with E-state index in [9.17, 15) is 39.6 Å². The van der Waals surface area contributed by atoms with Crippen molar-refractivity contribution in [3.8, 4) is 0 Å². The van der Waals surface area contributed by atoms with Gasteiger partial charge >= 0.3 is 0 Å². The Labute approximate surface area is 163 Å². The van der Waals surface area contributed by atoms with Crippen LogP contribution in [0.1, 0.15) is 0 Å². The smallest absolute Gasteiger partial charge is 0.256 e. The molecule has 0 bridgehead atoms. The molecular weight excluding hydrogens is 580 g/mol. The summed E-state index contributed by atoms with van der Waals surface area (Å²) >= 11 is 0. The maximum atomic E-state index is 9.19. The second kappa shape index (κ2) is 29.1. The van der Waals surface area contributed by atoms with Gasteiger partial charge in [-0.25, -0.2) is 0 Å². The first-order valence-corrected chi connectivity index (χ1v) is 5.03. The summed E-state index contributed by atoms with van der Waals surface area (Å²) in [5.74, 6) is 0. The summed E-state index contributed by atoms with van der Waals surface area (Å²) in [6.07, 6.45) is -3.17. The Morgan fingerprint density at radius 3 is 0.640 bits per heavy atom. The first-order valence-electron chi connectivity index (χ1n) is 5.03. The van der Waals surface area contributed by atoms with E-state index in [4.69, 9.17) is 0 Å². The van der Waals surface area contributed by atoms with E-state index in [1.54, 1.807) is 0 Å². The molecule has 0 heterocycles. The minimum absolute atomic E-state index is 0. The number of hydrogen-bond donors (Lipinski definition) is 0. The van der Waals surface area contributed by atoms with Gasteiger partial charge in [-0.15, -0.1) is 0 Å². The van der Waals surface area contributed by atoms with Gasteiger partial charge in [0, 0.05) is 54.2 Å². The van der Waals surface area contributed by atoms with E-state index < -0.39 is 24.6 Å². The summed E-state index contributed by atoms with van der Waals surface area (Å²) in [7, 11) is 0. The fraction of sp³-hybridized carbons (Fsp3) is 0. The summed E-state index contributed by atoms with van der Waals surface area (Å²) in [6, 6.07) is 0. The summed E-state index contributed by atoms with van der Waals surface area (Å²) in [5.41, 5.74) is 0. The molecule has 0 aromatic heterocycles. The molecule has 13 heteroatoms. The van der Waals surface area contributed by atoms with Crippen LogP contribution < -0.4 is 20.4 Å². The number of carboxylic acid groups (broad SMARTS) is 4. The van der Waals surface area contributed by atoms with Crippen LogP contribution >= 0.6 is 0 Å². The fourth-order valence-electron chi connectivity index (χ4n) is 0.272. The van der Waals surface area contributed by atoms with Crippen LogP contribution in [-0.2, 0) is 18.9 Å². The standard InChI is InChI=1S/4C3H4O3.Pu/c4*1-2-6-3(4)5;/h4*2H,1H2,(H,4,5);/p-4. The normalized spacial score (nSPS) is 6.40. The molecule has 0 aromatic rings. The van der Waals surface area contributed by atoms with Crippen molar-refractivity contribution in [1.82, 2.24) is 0 Å². The van der Waals surface area contributed by atoms with Crippen LogP contribution in [0.2, 0.25) is 0 Å². The molecule has 0 atom stereocenters. The zero-order valence-corrected chi connectivity index (χ0v) is 15.8.